The van der Waals surface area contributed by atoms with Crippen LogP contribution in [0.15, 0.2) is 84.6 Å². The van der Waals surface area contributed by atoms with E-state index >= 15 is 0 Å². The number of likely N-dealkylation sites (N-methyl/N-ethyl adjacent to an activating group) is 1. The minimum absolute atomic E-state index is 0.344. The number of nitrogens with zero attached hydrogens (tertiary/aromatic N) is 2. The summed E-state index contributed by atoms with van der Waals surface area (Å²) >= 11 is 0. The Bertz CT molecular complexity index is 1170. The summed E-state index contributed by atoms with van der Waals surface area (Å²) in [6, 6.07) is 23.7. The molecule has 0 spiro atoms. The fourth-order valence-corrected chi connectivity index (χ4v) is 3.85. The Morgan fingerprint density at radius 2 is 1.47 bits per heavy atom. The van der Waals surface area contributed by atoms with Crippen molar-refractivity contribution in [2.24, 2.45) is 0 Å². The molecule has 162 valence electrons. The second-order valence-corrected chi connectivity index (χ2v) is 7.18. The molecule has 0 saturated heterocycles. The van der Waals surface area contributed by atoms with E-state index in [9.17, 15) is 9.59 Å². The molecule has 0 aliphatic carbocycles. The number of methoxy groups -OCH3 is 2. The highest BCUT2D eigenvalue weighted by molar-refractivity contribution is 6.46. The van der Waals surface area contributed by atoms with Gasteiger partial charge in [0.2, 0.25) is 0 Å². The topological polar surface area (TPSA) is 59.1 Å². The van der Waals surface area contributed by atoms with Gasteiger partial charge in [-0.1, -0.05) is 36.4 Å². The van der Waals surface area contributed by atoms with Crippen LogP contribution >= 0.6 is 0 Å². The van der Waals surface area contributed by atoms with E-state index in [0.29, 0.717) is 40.6 Å². The lowest BCUT2D eigenvalue weighted by molar-refractivity contribution is -0.120. The van der Waals surface area contributed by atoms with E-state index in [0.717, 1.165) is 5.69 Å². The van der Waals surface area contributed by atoms with Gasteiger partial charge < -0.3 is 14.4 Å². The Morgan fingerprint density at radius 1 is 0.781 bits per heavy atom. The van der Waals surface area contributed by atoms with E-state index in [1.807, 2.05) is 42.2 Å². The van der Waals surface area contributed by atoms with E-state index in [1.165, 1.54) is 4.90 Å². The number of anilines is 2. The Hall–Kier alpha value is -4.06. The number of carbonyl (C=O) groups excluding carboxylic acids is 2. The number of para-hydroxylation sites is 1. The molecule has 2 amide bonds. The molecule has 0 fully saturated rings. The standard InChI is InChI=1S/C26H24N2O4/c1-4-27(19-9-6-5-7-10-19)24-23(18-13-15-21(31-2)16-14-18)25(29)28(26(24)30)20-11-8-12-22(17-20)32-3/h5-17H,4H2,1-3H3. The SMILES string of the molecule is CCN(C1=C(c2ccc(OC)cc2)C(=O)N(c2cccc(OC)c2)C1=O)c1ccccc1. The van der Waals surface area contributed by atoms with Gasteiger partial charge in [-0.05, 0) is 48.9 Å². The van der Waals surface area contributed by atoms with Crippen molar-refractivity contribution in [1.82, 2.24) is 0 Å². The molecule has 0 saturated carbocycles. The summed E-state index contributed by atoms with van der Waals surface area (Å²) in [5, 5.41) is 0. The predicted octanol–water partition coefficient (Wildman–Crippen LogP) is 4.51. The van der Waals surface area contributed by atoms with E-state index in [2.05, 4.69) is 0 Å². The summed E-state index contributed by atoms with van der Waals surface area (Å²) < 4.78 is 10.6. The minimum Gasteiger partial charge on any atom is -0.497 e. The molecule has 3 aromatic carbocycles. The zero-order valence-corrected chi connectivity index (χ0v) is 18.2. The smallest absolute Gasteiger partial charge is 0.282 e. The van der Waals surface area contributed by atoms with Gasteiger partial charge >= 0.3 is 0 Å². The lowest BCUT2D eigenvalue weighted by atomic mass is 10.0. The minimum atomic E-state index is -0.377. The molecule has 3 aromatic rings. The zero-order valence-electron chi connectivity index (χ0n) is 18.2. The third-order valence-corrected chi connectivity index (χ3v) is 5.40. The number of amides is 2. The van der Waals surface area contributed by atoms with Gasteiger partial charge in [-0.15, -0.1) is 0 Å². The largest absolute Gasteiger partial charge is 0.497 e. The van der Waals surface area contributed by atoms with Crippen LogP contribution in [0.3, 0.4) is 0 Å². The average molecular weight is 428 g/mol. The molecule has 6 nitrogen and oxygen atoms in total. The van der Waals surface area contributed by atoms with Crippen molar-refractivity contribution >= 4 is 28.8 Å². The van der Waals surface area contributed by atoms with Crippen LogP contribution in [0, 0.1) is 0 Å². The second-order valence-electron chi connectivity index (χ2n) is 7.18. The van der Waals surface area contributed by atoms with Gasteiger partial charge in [-0.2, -0.15) is 0 Å². The molecule has 0 aromatic heterocycles. The Balaban J connectivity index is 1.89. The zero-order chi connectivity index (χ0) is 22.7. The van der Waals surface area contributed by atoms with Gasteiger partial charge in [0.15, 0.2) is 0 Å². The van der Waals surface area contributed by atoms with E-state index in [1.54, 1.807) is 62.8 Å². The average Bonchev–Trinajstić information content (AvgIpc) is 3.10. The summed E-state index contributed by atoms with van der Waals surface area (Å²) in [5.41, 5.74) is 2.65. The van der Waals surface area contributed by atoms with Gasteiger partial charge in [0.05, 0.1) is 25.5 Å². The molecule has 32 heavy (non-hydrogen) atoms. The molecule has 0 bridgehead atoms. The molecule has 1 aliphatic rings. The van der Waals surface area contributed by atoms with Crippen LogP contribution in [0.4, 0.5) is 11.4 Å². The first-order valence-corrected chi connectivity index (χ1v) is 10.3. The summed E-state index contributed by atoms with van der Waals surface area (Å²) in [6.07, 6.45) is 0. The molecule has 1 heterocycles. The van der Waals surface area contributed by atoms with Crippen molar-refractivity contribution in [3.05, 3.63) is 90.1 Å². The summed E-state index contributed by atoms with van der Waals surface area (Å²) in [5.74, 6) is 0.489. The monoisotopic (exact) mass is 428 g/mol. The quantitative estimate of drug-likeness (QED) is 0.518. The van der Waals surface area contributed by atoms with E-state index < -0.39 is 0 Å². The number of imide groups is 1. The maximum atomic E-state index is 13.7. The van der Waals surface area contributed by atoms with Crippen LogP contribution in [0.5, 0.6) is 11.5 Å². The highest BCUT2D eigenvalue weighted by Gasteiger charge is 2.42. The first-order chi connectivity index (χ1) is 15.6. The van der Waals surface area contributed by atoms with Crippen molar-refractivity contribution in [3.63, 3.8) is 0 Å². The van der Waals surface area contributed by atoms with E-state index in [4.69, 9.17) is 9.47 Å². The molecular formula is C26H24N2O4. The lowest BCUT2D eigenvalue weighted by Crippen LogP contribution is -2.35. The third kappa shape index (κ3) is 3.71. The van der Waals surface area contributed by atoms with Crippen molar-refractivity contribution < 1.29 is 19.1 Å². The molecule has 0 radical (unpaired) electrons. The van der Waals surface area contributed by atoms with Gasteiger partial charge in [0.1, 0.15) is 17.2 Å². The van der Waals surface area contributed by atoms with Crippen molar-refractivity contribution in [1.29, 1.82) is 0 Å². The summed E-state index contributed by atoms with van der Waals surface area (Å²) in [4.78, 5) is 30.5. The molecule has 0 N–H and O–H groups in total. The van der Waals surface area contributed by atoms with Gasteiger partial charge in [0, 0.05) is 18.3 Å². The van der Waals surface area contributed by atoms with Crippen LogP contribution in [0.25, 0.3) is 5.57 Å². The highest BCUT2D eigenvalue weighted by atomic mass is 16.5. The van der Waals surface area contributed by atoms with Crippen molar-refractivity contribution in [3.8, 4) is 11.5 Å². The number of hydrogen-bond donors (Lipinski definition) is 0. The molecule has 0 unspecified atom stereocenters. The van der Waals surface area contributed by atoms with Crippen molar-refractivity contribution in [2.45, 2.75) is 6.92 Å². The van der Waals surface area contributed by atoms with Crippen molar-refractivity contribution in [2.75, 3.05) is 30.6 Å². The molecule has 0 atom stereocenters. The van der Waals surface area contributed by atoms with Crippen LogP contribution in [-0.2, 0) is 9.59 Å². The fraction of sp³-hybridized carbons (Fsp3) is 0.154. The Kier molecular flexibility index (Phi) is 5.94. The fourth-order valence-electron chi connectivity index (χ4n) is 3.85. The maximum Gasteiger partial charge on any atom is 0.282 e. The summed E-state index contributed by atoms with van der Waals surface area (Å²) in [7, 11) is 3.14. The van der Waals surface area contributed by atoms with Crippen LogP contribution in [0.2, 0.25) is 0 Å². The maximum absolute atomic E-state index is 13.7. The normalized spacial score (nSPS) is 13.5. The molecular weight excluding hydrogens is 404 g/mol. The second kappa shape index (κ2) is 8.98. The summed E-state index contributed by atoms with van der Waals surface area (Å²) in [6.45, 7) is 2.47. The van der Waals surface area contributed by atoms with Gasteiger partial charge in [0.25, 0.3) is 11.8 Å². The molecule has 1 aliphatic heterocycles. The van der Waals surface area contributed by atoms with Crippen LogP contribution in [-0.4, -0.2) is 32.6 Å². The molecule has 4 rings (SSSR count). The number of benzene rings is 3. The number of hydrogen-bond acceptors (Lipinski definition) is 5. The number of carbonyl (C=O) groups is 2. The van der Waals surface area contributed by atoms with Crippen LogP contribution in [0.1, 0.15) is 12.5 Å². The lowest BCUT2D eigenvalue weighted by Gasteiger charge is -2.25. The van der Waals surface area contributed by atoms with E-state index in [-0.39, 0.29) is 11.8 Å². The Labute approximate surface area is 187 Å². The highest BCUT2D eigenvalue weighted by Crippen LogP contribution is 2.37. The number of ether oxygens (including phenoxy) is 2. The molecule has 6 heteroatoms. The van der Waals surface area contributed by atoms with Gasteiger partial charge in [-0.3, -0.25) is 9.59 Å². The van der Waals surface area contributed by atoms with Gasteiger partial charge in [-0.25, -0.2) is 4.90 Å². The first-order valence-electron chi connectivity index (χ1n) is 10.3. The predicted molar refractivity (Wildman–Crippen MR) is 125 cm³/mol. The third-order valence-electron chi connectivity index (χ3n) is 5.40. The Morgan fingerprint density at radius 3 is 2.09 bits per heavy atom. The first kappa shape index (κ1) is 21.2. The van der Waals surface area contributed by atoms with Crippen LogP contribution < -0.4 is 19.3 Å². The number of rotatable bonds is 7.